The van der Waals surface area contributed by atoms with E-state index in [0.717, 1.165) is 12.8 Å². The van der Waals surface area contributed by atoms with Crippen LogP contribution in [0.3, 0.4) is 0 Å². The molecule has 0 spiro atoms. The summed E-state index contributed by atoms with van der Waals surface area (Å²) in [5.74, 6) is 1.18. The van der Waals surface area contributed by atoms with Crippen LogP contribution in [0.1, 0.15) is 30.1 Å². The Bertz CT molecular complexity index is 434. The molecule has 0 radical (unpaired) electrons. The van der Waals surface area contributed by atoms with Gasteiger partial charge in [-0.05, 0) is 31.0 Å². The number of fused-ring (bicyclic) bond motifs is 1. The third-order valence-electron chi connectivity index (χ3n) is 2.96. The number of ether oxygens (including phenoxy) is 2. The summed E-state index contributed by atoms with van der Waals surface area (Å²) in [6, 6.07) is 5.30. The van der Waals surface area contributed by atoms with E-state index in [0.29, 0.717) is 23.6 Å². The minimum Gasteiger partial charge on any atom is -0.454 e. The van der Waals surface area contributed by atoms with E-state index >= 15 is 0 Å². The number of rotatable bonds is 5. The Kier molecular flexibility index (Phi) is 4.04. The third kappa shape index (κ3) is 2.92. The molecular formula is C13H18N2O3. The SMILES string of the molecule is CCC(N)CCNC(=O)c1ccc2c(c1)OCO2. The van der Waals surface area contributed by atoms with Crippen LogP contribution >= 0.6 is 0 Å². The normalized spacial score (nSPS) is 14.3. The van der Waals surface area contributed by atoms with Gasteiger partial charge in [0, 0.05) is 18.2 Å². The second-order valence-corrected chi connectivity index (χ2v) is 4.28. The Morgan fingerprint density at radius 1 is 1.44 bits per heavy atom. The Hall–Kier alpha value is -1.75. The Morgan fingerprint density at radius 3 is 3.00 bits per heavy atom. The quantitative estimate of drug-likeness (QED) is 0.825. The van der Waals surface area contributed by atoms with Crippen molar-refractivity contribution in [2.45, 2.75) is 25.8 Å². The highest BCUT2D eigenvalue weighted by molar-refractivity contribution is 5.94. The largest absolute Gasteiger partial charge is 0.454 e. The Balaban J connectivity index is 1.89. The molecule has 1 amide bonds. The number of carbonyl (C=O) groups is 1. The summed E-state index contributed by atoms with van der Waals surface area (Å²) in [5.41, 5.74) is 6.36. The molecule has 1 unspecified atom stereocenters. The molecule has 18 heavy (non-hydrogen) atoms. The van der Waals surface area contributed by atoms with Crippen molar-refractivity contribution in [3.8, 4) is 11.5 Å². The topological polar surface area (TPSA) is 73.6 Å². The molecule has 0 bridgehead atoms. The molecule has 1 aliphatic heterocycles. The van der Waals surface area contributed by atoms with E-state index in [1.807, 2.05) is 6.92 Å². The summed E-state index contributed by atoms with van der Waals surface area (Å²) < 4.78 is 10.4. The molecule has 1 atom stereocenters. The van der Waals surface area contributed by atoms with Gasteiger partial charge in [0.05, 0.1) is 0 Å². The lowest BCUT2D eigenvalue weighted by atomic mass is 10.1. The number of nitrogens with two attached hydrogens (primary N) is 1. The number of nitrogens with one attached hydrogen (secondary N) is 1. The Labute approximate surface area is 106 Å². The number of amides is 1. The minimum atomic E-state index is -0.114. The number of benzene rings is 1. The van der Waals surface area contributed by atoms with Gasteiger partial charge in [-0.1, -0.05) is 6.92 Å². The molecule has 0 aromatic heterocycles. The molecule has 2 rings (SSSR count). The van der Waals surface area contributed by atoms with Crippen LogP contribution in [-0.2, 0) is 0 Å². The fourth-order valence-corrected chi connectivity index (χ4v) is 1.72. The van der Waals surface area contributed by atoms with Crippen LogP contribution in [-0.4, -0.2) is 25.3 Å². The lowest BCUT2D eigenvalue weighted by molar-refractivity contribution is 0.0952. The molecule has 1 aliphatic rings. The van der Waals surface area contributed by atoms with Gasteiger partial charge in [0.15, 0.2) is 11.5 Å². The first-order valence-corrected chi connectivity index (χ1v) is 6.14. The second kappa shape index (κ2) is 5.73. The molecule has 98 valence electrons. The van der Waals surface area contributed by atoms with Crippen molar-refractivity contribution in [1.29, 1.82) is 0 Å². The number of hydrogen-bond donors (Lipinski definition) is 2. The van der Waals surface area contributed by atoms with E-state index in [1.54, 1.807) is 18.2 Å². The highest BCUT2D eigenvalue weighted by atomic mass is 16.7. The maximum atomic E-state index is 11.9. The van der Waals surface area contributed by atoms with Gasteiger partial charge in [-0.25, -0.2) is 0 Å². The second-order valence-electron chi connectivity index (χ2n) is 4.28. The smallest absolute Gasteiger partial charge is 0.251 e. The van der Waals surface area contributed by atoms with Gasteiger partial charge in [0.2, 0.25) is 6.79 Å². The van der Waals surface area contributed by atoms with Crippen molar-refractivity contribution >= 4 is 5.91 Å². The standard InChI is InChI=1S/C13H18N2O3/c1-2-10(14)5-6-15-13(16)9-3-4-11-12(7-9)18-8-17-11/h3-4,7,10H,2,5-6,8,14H2,1H3,(H,15,16). The zero-order chi connectivity index (χ0) is 13.0. The van der Waals surface area contributed by atoms with Gasteiger partial charge >= 0.3 is 0 Å². The van der Waals surface area contributed by atoms with Crippen molar-refractivity contribution in [3.05, 3.63) is 23.8 Å². The third-order valence-corrected chi connectivity index (χ3v) is 2.96. The molecule has 5 nitrogen and oxygen atoms in total. The first-order chi connectivity index (χ1) is 8.70. The van der Waals surface area contributed by atoms with Crippen molar-refractivity contribution in [1.82, 2.24) is 5.32 Å². The molecule has 5 heteroatoms. The van der Waals surface area contributed by atoms with Crippen LogP contribution in [0, 0.1) is 0 Å². The lowest BCUT2D eigenvalue weighted by Crippen LogP contribution is -2.30. The summed E-state index contributed by atoms with van der Waals surface area (Å²) in [4.78, 5) is 11.9. The fraction of sp³-hybridized carbons (Fsp3) is 0.462. The average molecular weight is 250 g/mol. The summed E-state index contributed by atoms with van der Waals surface area (Å²) in [7, 11) is 0. The van der Waals surface area contributed by atoms with Gasteiger partial charge in [-0.3, -0.25) is 4.79 Å². The van der Waals surface area contributed by atoms with Crippen LogP contribution in [0.5, 0.6) is 11.5 Å². The fourth-order valence-electron chi connectivity index (χ4n) is 1.72. The molecule has 0 saturated heterocycles. The molecule has 1 aromatic carbocycles. The van der Waals surface area contributed by atoms with Gasteiger partial charge in [-0.15, -0.1) is 0 Å². The minimum absolute atomic E-state index is 0.114. The van der Waals surface area contributed by atoms with Crippen molar-refractivity contribution in [2.24, 2.45) is 5.73 Å². The molecule has 1 aromatic rings. The van der Waals surface area contributed by atoms with Gasteiger partial charge in [0.1, 0.15) is 0 Å². The molecule has 0 fully saturated rings. The van der Waals surface area contributed by atoms with Crippen LogP contribution in [0.4, 0.5) is 0 Å². The summed E-state index contributed by atoms with van der Waals surface area (Å²) in [6.45, 7) is 2.83. The number of hydrogen-bond acceptors (Lipinski definition) is 4. The molecule has 0 saturated carbocycles. The van der Waals surface area contributed by atoms with Crippen molar-refractivity contribution in [3.63, 3.8) is 0 Å². The predicted octanol–water partition coefficient (Wildman–Crippen LogP) is 1.27. The monoisotopic (exact) mass is 250 g/mol. The van der Waals surface area contributed by atoms with Crippen LogP contribution in [0.15, 0.2) is 18.2 Å². The summed E-state index contributed by atoms with van der Waals surface area (Å²) in [5, 5.41) is 2.84. The first kappa shape index (κ1) is 12.7. The van der Waals surface area contributed by atoms with Crippen LogP contribution < -0.4 is 20.5 Å². The van der Waals surface area contributed by atoms with Crippen molar-refractivity contribution in [2.75, 3.05) is 13.3 Å². The van der Waals surface area contributed by atoms with Crippen LogP contribution in [0.2, 0.25) is 0 Å². The lowest BCUT2D eigenvalue weighted by Gasteiger charge is -2.09. The highest BCUT2D eigenvalue weighted by Crippen LogP contribution is 2.32. The van der Waals surface area contributed by atoms with Gasteiger partial charge in [0.25, 0.3) is 5.91 Å². The molecule has 3 N–H and O–H groups in total. The highest BCUT2D eigenvalue weighted by Gasteiger charge is 2.15. The zero-order valence-corrected chi connectivity index (χ0v) is 10.4. The van der Waals surface area contributed by atoms with E-state index in [1.165, 1.54) is 0 Å². The van der Waals surface area contributed by atoms with E-state index < -0.39 is 0 Å². The molecule has 1 heterocycles. The van der Waals surface area contributed by atoms with Crippen molar-refractivity contribution < 1.29 is 14.3 Å². The Morgan fingerprint density at radius 2 is 2.22 bits per heavy atom. The van der Waals surface area contributed by atoms with E-state index in [-0.39, 0.29) is 18.7 Å². The van der Waals surface area contributed by atoms with E-state index in [2.05, 4.69) is 5.32 Å². The zero-order valence-electron chi connectivity index (χ0n) is 10.4. The average Bonchev–Trinajstić information content (AvgIpc) is 2.85. The van der Waals surface area contributed by atoms with E-state index in [9.17, 15) is 4.79 Å². The summed E-state index contributed by atoms with van der Waals surface area (Å²) in [6.07, 6.45) is 1.70. The van der Waals surface area contributed by atoms with Gasteiger partial charge in [-0.2, -0.15) is 0 Å². The maximum Gasteiger partial charge on any atom is 0.251 e. The van der Waals surface area contributed by atoms with Crippen LogP contribution in [0.25, 0.3) is 0 Å². The maximum absolute atomic E-state index is 11.9. The molecular weight excluding hydrogens is 232 g/mol. The summed E-state index contributed by atoms with van der Waals surface area (Å²) >= 11 is 0. The van der Waals surface area contributed by atoms with E-state index in [4.69, 9.17) is 15.2 Å². The van der Waals surface area contributed by atoms with Gasteiger partial charge < -0.3 is 20.5 Å². The first-order valence-electron chi connectivity index (χ1n) is 6.14. The predicted molar refractivity (Wildman–Crippen MR) is 67.8 cm³/mol. The number of carbonyl (C=O) groups excluding carboxylic acids is 1. The molecule has 0 aliphatic carbocycles.